The molecule has 22 heavy (non-hydrogen) atoms. The van der Waals surface area contributed by atoms with Crippen LogP contribution < -0.4 is 4.72 Å². The average molecular weight is 322 g/mol. The molecule has 118 valence electrons. The Balaban J connectivity index is 2.04. The molecule has 7 heteroatoms. The Morgan fingerprint density at radius 1 is 1.36 bits per heavy atom. The highest BCUT2D eigenvalue weighted by Crippen LogP contribution is 2.23. The molecular weight excluding hydrogens is 304 g/mol. The highest BCUT2D eigenvalue weighted by Gasteiger charge is 2.19. The van der Waals surface area contributed by atoms with E-state index in [0.717, 1.165) is 31.2 Å². The van der Waals surface area contributed by atoms with Crippen LogP contribution in [0.3, 0.4) is 0 Å². The zero-order chi connectivity index (χ0) is 16.2. The quantitative estimate of drug-likeness (QED) is 0.824. The first-order chi connectivity index (χ1) is 10.4. The second-order valence-electron chi connectivity index (χ2n) is 5.22. The van der Waals surface area contributed by atoms with Crippen molar-refractivity contribution >= 4 is 16.0 Å². The third kappa shape index (κ3) is 4.06. The zero-order valence-corrected chi connectivity index (χ0v) is 13.1. The van der Waals surface area contributed by atoms with Gasteiger partial charge in [-0.25, -0.2) is 8.42 Å². The number of carbonyl (C=O) groups excluding carboxylic acids is 1. The number of ether oxygens (including phenoxy) is 1. The lowest BCUT2D eigenvalue weighted by Gasteiger charge is -2.16. The maximum atomic E-state index is 12.2. The Morgan fingerprint density at radius 2 is 2.05 bits per heavy atom. The van der Waals surface area contributed by atoms with Gasteiger partial charge in [-0.3, -0.25) is 4.79 Å². The van der Waals surface area contributed by atoms with Crippen LogP contribution in [-0.4, -0.2) is 27.0 Å². The monoisotopic (exact) mass is 322 g/mol. The lowest BCUT2D eigenvalue weighted by molar-refractivity contribution is -0.144. The molecule has 1 aromatic carbocycles. The Bertz CT molecular complexity index is 707. The zero-order valence-electron chi connectivity index (χ0n) is 12.3. The summed E-state index contributed by atoms with van der Waals surface area (Å²) in [5, 5.41) is 8.54. The Hall–Kier alpha value is -1.91. The summed E-state index contributed by atoms with van der Waals surface area (Å²) in [7, 11) is -3.77. The number of hydrogen-bond acceptors (Lipinski definition) is 5. The highest BCUT2D eigenvalue weighted by atomic mass is 32.2. The summed E-state index contributed by atoms with van der Waals surface area (Å²) in [6, 6.07) is 6.79. The minimum absolute atomic E-state index is 0.147. The molecule has 6 nitrogen and oxygen atoms in total. The second-order valence-corrected chi connectivity index (χ2v) is 6.99. The first kappa shape index (κ1) is 16.5. The van der Waals surface area contributed by atoms with E-state index >= 15 is 0 Å². The SMILES string of the molecule is C[C@@H](C#N)OC(=O)CNS(=O)(=O)c1ccc2c(c1)CCCC2. The van der Waals surface area contributed by atoms with E-state index in [1.54, 1.807) is 18.2 Å². The number of esters is 1. The number of nitrogens with one attached hydrogen (secondary N) is 1. The van der Waals surface area contributed by atoms with E-state index in [4.69, 9.17) is 10.00 Å². The van der Waals surface area contributed by atoms with Crippen molar-refractivity contribution in [3.63, 3.8) is 0 Å². The molecule has 0 amide bonds. The van der Waals surface area contributed by atoms with Crippen molar-refractivity contribution in [3.8, 4) is 6.07 Å². The number of aryl methyl sites for hydroxylation is 2. The first-order valence-corrected chi connectivity index (χ1v) is 8.61. The van der Waals surface area contributed by atoms with E-state index in [1.165, 1.54) is 12.5 Å². The largest absolute Gasteiger partial charge is 0.446 e. The summed E-state index contributed by atoms with van der Waals surface area (Å²) >= 11 is 0. The maximum Gasteiger partial charge on any atom is 0.322 e. The summed E-state index contributed by atoms with van der Waals surface area (Å²) < 4.78 is 31.3. The summed E-state index contributed by atoms with van der Waals surface area (Å²) in [6.45, 7) is 0.918. The van der Waals surface area contributed by atoms with Gasteiger partial charge in [0.15, 0.2) is 6.10 Å². The van der Waals surface area contributed by atoms with Crippen molar-refractivity contribution in [2.75, 3.05) is 6.54 Å². The molecule has 2 rings (SSSR count). The number of benzene rings is 1. The smallest absolute Gasteiger partial charge is 0.322 e. The summed E-state index contributed by atoms with van der Waals surface area (Å²) in [4.78, 5) is 11.6. The molecule has 1 aromatic rings. The fourth-order valence-electron chi connectivity index (χ4n) is 2.38. The molecule has 1 aliphatic carbocycles. The molecule has 0 bridgehead atoms. The van der Waals surface area contributed by atoms with Crippen molar-refractivity contribution < 1.29 is 17.9 Å². The molecule has 0 heterocycles. The topological polar surface area (TPSA) is 96.3 Å². The van der Waals surface area contributed by atoms with Gasteiger partial charge in [0.05, 0.1) is 4.90 Å². The summed E-state index contributed by atoms with van der Waals surface area (Å²) in [5.74, 6) is -0.782. The number of fused-ring (bicyclic) bond motifs is 1. The third-order valence-electron chi connectivity index (χ3n) is 3.53. The fraction of sp³-hybridized carbons (Fsp3) is 0.467. The van der Waals surface area contributed by atoms with Crippen molar-refractivity contribution in [3.05, 3.63) is 29.3 Å². The van der Waals surface area contributed by atoms with Gasteiger partial charge in [-0.2, -0.15) is 9.98 Å². The molecule has 1 atom stereocenters. The van der Waals surface area contributed by atoms with Gasteiger partial charge in [0.1, 0.15) is 12.6 Å². The van der Waals surface area contributed by atoms with Gasteiger partial charge < -0.3 is 4.74 Å². The van der Waals surface area contributed by atoms with Crippen LogP contribution in [0.2, 0.25) is 0 Å². The van der Waals surface area contributed by atoms with Gasteiger partial charge in [-0.15, -0.1) is 0 Å². The molecule has 0 fully saturated rings. The van der Waals surface area contributed by atoms with Crippen LogP contribution in [0.4, 0.5) is 0 Å². The van der Waals surface area contributed by atoms with Crippen molar-refractivity contribution in [2.24, 2.45) is 0 Å². The molecule has 0 aromatic heterocycles. The molecule has 0 saturated heterocycles. The first-order valence-electron chi connectivity index (χ1n) is 7.13. The molecule has 0 radical (unpaired) electrons. The lowest BCUT2D eigenvalue weighted by atomic mass is 9.92. The molecule has 0 aliphatic heterocycles. The van der Waals surface area contributed by atoms with Gasteiger partial charge in [0, 0.05) is 0 Å². The van der Waals surface area contributed by atoms with Gasteiger partial charge in [-0.05, 0) is 55.9 Å². The Morgan fingerprint density at radius 3 is 2.73 bits per heavy atom. The van der Waals surface area contributed by atoms with E-state index < -0.39 is 28.6 Å². The second kappa shape index (κ2) is 6.90. The van der Waals surface area contributed by atoms with Crippen LogP contribution in [0.5, 0.6) is 0 Å². The van der Waals surface area contributed by atoms with Gasteiger partial charge in [-0.1, -0.05) is 6.07 Å². The van der Waals surface area contributed by atoms with Crippen LogP contribution in [0, 0.1) is 11.3 Å². The molecular formula is C15H18N2O4S. The van der Waals surface area contributed by atoms with Gasteiger partial charge in [0.25, 0.3) is 0 Å². The molecule has 1 N–H and O–H groups in total. The fourth-order valence-corrected chi connectivity index (χ4v) is 3.40. The number of rotatable bonds is 5. The Labute approximate surface area is 130 Å². The summed E-state index contributed by atoms with van der Waals surface area (Å²) in [6.07, 6.45) is 3.13. The standard InChI is InChI=1S/C15H18N2O4S/c1-11(9-16)21-15(18)10-17-22(19,20)14-7-6-12-4-2-3-5-13(12)8-14/h6-8,11,17H,2-5,10H2,1H3/t11-/m0/s1. The number of carbonyl (C=O) groups is 1. The van der Waals surface area contributed by atoms with E-state index in [2.05, 4.69) is 4.72 Å². The molecule has 1 aliphatic rings. The van der Waals surface area contributed by atoms with Crippen molar-refractivity contribution in [1.82, 2.24) is 4.72 Å². The normalized spacial score (nSPS) is 15.5. The number of nitriles is 1. The van der Waals surface area contributed by atoms with E-state index in [1.807, 2.05) is 6.07 Å². The van der Waals surface area contributed by atoms with E-state index in [0.29, 0.717) is 0 Å². The number of nitrogens with zero attached hydrogens (tertiary/aromatic N) is 1. The highest BCUT2D eigenvalue weighted by molar-refractivity contribution is 7.89. The minimum Gasteiger partial charge on any atom is -0.446 e. The van der Waals surface area contributed by atoms with Crippen molar-refractivity contribution in [1.29, 1.82) is 5.26 Å². The van der Waals surface area contributed by atoms with E-state index in [-0.39, 0.29) is 4.90 Å². The Kier molecular flexibility index (Phi) is 5.16. The summed E-state index contributed by atoms with van der Waals surface area (Å²) in [5.41, 5.74) is 2.24. The van der Waals surface area contributed by atoms with Crippen LogP contribution >= 0.6 is 0 Å². The number of sulfonamides is 1. The van der Waals surface area contributed by atoms with Crippen LogP contribution in [0.1, 0.15) is 30.9 Å². The number of hydrogen-bond donors (Lipinski definition) is 1. The van der Waals surface area contributed by atoms with Gasteiger partial charge in [0.2, 0.25) is 10.0 Å². The van der Waals surface area contributed by atoms with Crippen molar-refractivity contribution in [2.45, 2.75) is 43.6 Å². The van der Waals surface area contributed by atoms with Crippen LogP contribution in [0.25, 0.3) is 0 Å². The average Bonchev–Trinajstić information content (AvgIpc) is 2.52. The minimum atomic E-state index is -3.77. The third-order valence-corrected chi connectivity index (χ3v) is 4.93. The maximum absolute atomic E-state index is 12.2. The van der Waals surface area contributed by atoms with Crippen LogP contribution in [0.15, 0.2) is 23.1 Å². The predicted octanol–water partition coefficient (Wildman–Crippen LogP) is 1.30. The van der Waals surface area contributed by atoms with Gasteiger partial charge >= 0.3 is 5.97 Å². The molecule has 0 spiro atoms. The molecule has 0 unspecified atom stereocenters. The van der Waals surface area contributed by atoms with E-state index in [9.17, 15) is 13.2 Å². The predicted molar refractivity (Wildman–Crippen MR) is 79.4 cm³/mol. The lowest BCUT2D eigenvalue weighted by Crippen LogP contribution is -2.32. The molecule has 0 saturated carbocycles. The van der Waals surface area contributed by atoms with Crippen LogP contribution in [-0.2, 0) is 32.4 Å².